The van der Waals surface area contributed by atoms with Gasteiger partial charge in [-0.05, 0) is 69.0 Å². The maximum atomic E-state index is 12.1. The van der Waals surface area contributed by atoms with E-state index in [2.05, 4.69) is 24.0 Å². The van der Waals surface area contributed by atoms with Crippen LogP contribution in [0.25, 0.3) is 0 Å². The third-order valence-corrected chi connectivity index (χ3v) is 8.03. The molecule has 4 heteroatoms. The standard InChI is InChI=1S/C21H28N2O2/c1-12-2-5-14-10-16-21(24)7-6-15(22)19-20(21,17(14)18(12)25-19)8-9-23(16)11-13-3-4-13/h2,5,13,15-16,19,24H,3-4,6-11,22H2,1H3/t15-,16-,19?,20+,21-/m1/s1. The number of rotatable bonds is 2. The summed E-state index contributed by atoms with van der Waals surface area (Å²) < 4.78 is 6.51. The van der Waals surface area contributed by atoms with E-state index in [0.717, 1.165) is 50.4 Å². The molecule has 0 amide bonds. The Morgan fingerprint density at radius 3 is 2.92 bits per heavy atom. The van der Waals surface area contributed by atoms with Crippen molar-refractivity contribution in [2.45, 2.75) is 74.7 Å². The lowest BCUT2D eigenvalue weighted by atomic mass is 9.48. The Hall–Kier alpha value is -1.10. The van der Waals surface area contributed by atoms with Gasteiger partial charge in [0.1, 0.15) is 11.9 Å². The van der Waals surface area contributed by atoms with Gasteiger partial charge in [-0.25, -0.2) is 0 Å². The van der Waals surface area contributed by atoms with Crippen LogP contribution in [0.2, 0.25) is 0 Å². The summed E-state index contributed by atoms with van der Waals surface area (Å²) in [6.07, 6.45) is 6.28. The molecular formula is C21H28N2O2. The van der Waals surface area contributed by atoms with E-state index in [-0.39, 0.29) is 23.6 Å². The molecule has 2 heterocycles. The lowest BCUT2D eigenvalue weighted by Crippen LogP contribution is -2.77. The van der Waals surface area contributed by atoms with Crippen LogP contribution in [0.15, 0.2) is 12.1 Å². The fourth-order valence-corrected chi connectivity index (χ4v) is 6.67. The lowest BCUT2D eigenvalue weighted by molar-refractivity contribution is -0.189. The van der Waals surface area contributed by atoms with Gasteiger partial charge >= 0.3 is 0 Å². The van der Waals surface area contributed by atoms with E-state index in [1.165, 1.54) is 29.5 Å². The summed E-state index contributed by atoms with van der Waals surface area (Å²) in [5.74, 6) is 1.89. The molecule has 134 valence electrons. The van der Waals surface area contributed by atoms with Gasteiger partial charge in [-0.2, -0.15) is 0 Å². The first-order chi connectivity index (χ1) is 12.0. The van der Waals surface area contributed by atoms with Crippen molar-refractivity contribution in [2.75, 3.05) is 13.1 Å². The largest absolute Gasteiger partial charge is 0.487 e. The molecule has 1 aromatic rings. The molecule has 2 bridgehead atoms. The average Bonchev–Trinajstić information content (AvgIpc) is 3.32. The number of ether oxygens (including phenoxy) is 1. The second-order valence-corrected chi connectivity index (χ2v) is 9.29. The van der Waals surface area contributed by atoms with Gasteiger partial charge in [-0.1, -0.05) is 12.1 Å². The zero-order valence-electron chi connectivity index (χ0n) is 15.0. The minimum Gasteiger partial charge on any atom is -0.487 e. The van der Waals surface area contributed by atoms with Crippen LogP contribution in [-0.2, 0) is 11.8 Å². The second kappa shape index (κ2) is 4.59. The molecule has 3 N–H and O–H groups in total. The summed E-state index contributed by atoms with van der Waals surface area (Å²) in [4.78, 5) is 2.61. The van der Waals surface area contributed by atoms with E-state index in [4.69, 9.17) is 10.5 Å². The van der Waals surface area contributed by atoms with Crippen molar-refractivity contribution in [3.63, 3.8) is 0 Å². The van der Waals surface area contributed by atoms with Gasteiger partial charge in [0.05, 0.1) is 11.0 Å². The van der Waals surface area contributed by atoms with E-state index in [9.17, 15) is 5.11 Å². The zero-order valence-corrected chi connectivity index (χ0v) is 15.0. The van der Waals surface area contributed by atoms with Crippen molar-refractivity contribution < 1.29 is 9.84 Å². The van der Waals surface area contributed by atoms with Crippen molar-refractivity contribution in [3.05, 3.63) is 28.8 Å². The number of piperidine rings is 1. The van der Waals surface area contributed by atoms with Gasteiger partial charge in [0.15, 0.2) is 0 Å². The highest BCUT2D eigenvalue weighted by Crippen LogP contribution is 2.64. The number of hydrogen-bond acceptors (Lipinski definition) is 4. The molecule has 1 spiro atoms. The molecule has 3 aliphatic carbocycles. The van der Waals surface area contributed by atoms with Crippen LogP contribution in [0.4, 0.5) is 0 Å². The molecule has 1 aromatic carbocycles. The number of likely N-dealkylation sites (tertiary alicyclic amines) is 1. The van der Waals surface area contributed by atoms with Gasteiger partial charge < -0.3 is 15.6 Å². The molecule has 0 radical (unpaired) electrons. The van der Waals surface area contributed by atoms with Crippen molar-refractivity contribution in [2.24, 2.45) is 11.7 Å². The minimum atomic E-state index is -0.688. The summed E-state index contributed by atoms with van der Waals surface area (Å²) in [7, 11) is 0. The Morgan fingerprint density at radius 2 is 2.12 bits per heavy atom. The smallest absolute Gasteiger partial charge is 0.127 e. The second-order valence-electron chi connectivity index (χ2n) is 9.29. The van der Waals surface area contributed by atoms with Crippen molar-refractivity contribution in [1.82, 2.24) is 4.90 Å². The first-order valence-electron chi connectivity index (χ1n) is 10.1. The first-order valence-corrected chi connectivity index (χ1v) is 10.1. The SMILES string of the molecule is Cc1ccc2c3c1OC1[C@H](N)CC[C@@]4(O)[C@@H](C2)N(CC2CC2)CC[C@]314. The number of aryl methyl sites for hydroxylation is 1. The molecule has 0 aromatic heterocycles. The van der Waals surface area contributed by atoms with Crippen LogP contribution >= 0.6 is 0 Å². The number of benzene rings is 1. The van der Waals surface area contributed by atoms with E-state index in [0.29, 0.717) is 0 Å². The van der Waals surface area contributed by atoms with E-state index < -0.39 is 5.60 Å². The maximum Gasteiger partial charge on any atom is 0.127 e. The molecule has 6 rings (SSSR count). The summed E-state index contributed by atoms with van der Waals surface area (Å²) in [5, 5.41) is 12.1. The molecule has 4 nitrogen and oxygen atoms in total. The van der Waals surface area contributed by atoms with Crippen LogP contribution in [0, 0.1) is 12.8 Å². The molecular weight excluding hydrogens is 312 g/mol. The third kappa shape index (κ3) is 1.65. The van der Waals surface area contributed by atoms with Crippen LogP contribution < -0.4 is 10.5 Å². The number of nitrogens with two attached hydrogens (primary N) is 1. The van der Waals surface area contributed by atoms with Crippen LogP contribution in [0.1, 0.15) is 48.8 Å². The Kier molecular flexibility index (Phi) is 2.76. The fraction of sp³-hybridized carbons (Fsp3) is 0.714. The Labute approximate surface area is 149 Å². The summed E-state index contributed by atoms with van der Waals surface area (Å²) in [6, 6.07) is 4.73. The minimum absolute atomic E-state index is 0.0219. The highest BCUT2D eigenvalue weighted by atomic mass is 16.5. The summed E-state index contributed by atoms with van der Waals surface area (Å²) in [5.41, 5.74) is 9.48. The first kappa shape index (κ1) is 15.0. The van der Waals surface area contributed by atoms with Gasteiger partial charge in [0, 0.05) is 24.2 Å². The molecule has 2 aliphatic heterocycles. The number of hydrogen-bond donors (Lipinski definition) is 2. The monoisotopic (exact) mass is 340 g/mol. The van der Waals surface area contributed by atoms with E-state index in [1.54, 1.807) is 0 Å². The lowest BCUT2D eigenvalue weighted by Gasteiger charge is -2.64. The third-order valence-electron chi connectivity index (χ3n) is 8.03. The number of nitrogens with zero attached hydrogens (tertiary/aromatic N) is 1. The molecule has 1 saturated heterocycles. The van der Waals surface area contributed by atoms with Gasteiger partial charge in [-0.15, -0.1) is 0 Å². The summed E-state index contributed by atoms with van der Waals surface area (Å²) >= 11 is 0. The topological polar surface area (TPSA) is 58.7 Å². The van der Waals surface area contributed by atoms with Crippen LogP contribution in [0.3, 0.4) is 0 Å². The predicted octanol–water partition coefficient (Wildman–Crippen LogP) is 1.89. The van der Waals surface area contributed by atoms with Gasteiger partial charge in [0.25, 0.3) is 0 Å². The fourth-order valence-electron chi connectivity index (χ4n) is 6.67. The number of aliphatic hydroxyl groups is 1. The Bertz CT molecular complexity index is 761. The van der Waals surface area contributed by atoms with Crippen molar-refractivity contribution >= 4 is 0 Å². The van der Waals surface area contributed by atoms with Gasteiger partial charge in [-0.3, -0.25) is 4.90 Å². The molecule has 5 atom stereocenters. The Morgan fingerprint density at radius 1 is 1.28 bits per heavy atom. The normalized spacial score (nSPS) is 44.4. The van der Waals surface area contributed by atoms with Crippen molar-refractivity contribution in [1.29, 1.82) is 0 Å². The molecule has 1 unspecified atom stereocenters. The average molecular weight is 340 g/mol. The molecule has 5 aliphatic rings. The molecule has 25 heavy (non-hydrogen) atoms. The van der Waals surface area contributed by atoms with E-state index >= 15 is 0 Å². The van der Waals surface area contributed by atoms with Crippen molar-refractivity contribution in [3.8, 4) is 5.75 Å². The molecule has 3 fully saturated rings. The molecule has 2 saturated carbocycles. The Balaban J connectivity index is 1.57. The maximum absolute atomic E-state index is 12.1. The quantitative estimate of drug-likeness (QED) is 0.863. The van der Waals surface area contributed by atoms with E-state index in [1.807, 2.05) is 0 Å². The summed E-state index contributed by atoms with van der Waals surface area (Å²) in [6.45, 7) is 4.36. The van der Waals surface area contributed by atoms with Gasteiger partial charge in [0.2, 0.25) is 0 Å². The van der Waals surface area contributed by atoms with Crippen LogP contribution in [-0.4, -0.2) is 46.9 Å². The highest BCUT2D eigenvalue weighted by Gasteiger charge is 2.72. The predicted molar refractivity (Wildman–Crippen MR) is 95.8 cm³/mol. The zero-order chi connectivity index (χ0) is 17.0. The highest BCUT2D eigenvalue weighted by molar-refractivity contribution is 5.60. The van der Waals surface area contributed by atoms with Crippen LogP contribution in [0.5, 0.6) is 5.75 Å².